The van der Waals surface area contributed by atoms with E-state index in [4.69, 9.17) is 18.7 Å². The predicted molar refractivity (Wildman–Crippen MR) is 162 cm³/mol. The van der Waals surface area contributed by atoms with Gasteiger partial charge < -0.3 is 28.2 Å². The van der Waals surface area contributed by atoms with Gasteiger partial charge in [-0.25, -0.2) is 9.48 Å². The number of benzene rings is 4. The number of aromatic amines is 1. The lowest BCUT2D eigenvalue weighted by Gasteiger charge is -2.49. The maximum Gasteiger partial charge on any atom is 0.331 e. The third kappa shape index (κ3) is 4.35. The number of hydrogen-bond acceptors (Lipinski definition) is 10. The maximum atomic E-state index is 13.0. The summed E-state index contributed by atoms with van der Waals surface area (Å²) in [7, 11) is -2.75. The second-order valence-corrected chi connectivity index (χ2v) is 12.9. The van der Waals surface area contributed by atoms with Crippen LogP contribution in [0.25, 0.3) is 49.3 Å². The highest BCUT2D eigenvalue weighted by Crippen LogP contribution is 2.55. The Morgan fingerprint density at radius 2 is 1.78 bits per heavy atom. The quantitative estimate of drug-likeness (QED) is 0.196. The third-order valence-corrected chi connectivity index (χ3v) is 9.00. The predicted octanol–water partition coefficient (Wildman–Crippen LogP) is 3.43. The summed E-state index contributed by atoms with van der Waals surface area (Å²) in [6, 6.07) is 18.5. The Labute approximate surface area is 254 Å². The van der Waals surface area contributed by atoms with Gasteiger partial charge in [0, 0.05) is 31.8 Å². The molecule has 0 radical (unpaired) electrons. The molecule has 2 aliphatic rings. The Balaban J connectivity index is 1.15. The van der Waals surface area contributed by atoms with Crippen LogP contribution in [0.15, 0.2) is 88.4 Å². The molecule has 6 aromatic rings. The van der Waals surface area contributed by atoms with Gasteiger partial charge >= 0.3 is 5.69 Å². The molecule has 0 amide bonds. The molecular weight excluding hydrogens is 601 g/mol. The molecule has 228 valence electrons. The van der Waals surface area contributed by atoms with Crippen molar-refractivity contribution in [3.63, 3.8) is 0 Å². The molecule has 2 aromatic heterocycles. The van der Waals surface area contributed by atoms with Gasteiger partial charge in [-0.05, 0) is 33.0 Å². The van der Waals surface area contributed by atoms with Crippen molar-refractivity contribution in [3.05, 3.63) is 99.7 Å². The summed E-state index contributed by atoms with van der Waals surface area (Å²) in [5.41, 5.74) is 0.0879. The molecule has 4 aromatic carbocycles. The van der Waals surface area contributed by atoms with Crippen LogP contribution in [-0.2, 0) is 23.3 Å². The maximum absolute atomic E-state index is 13.0. The van der Waals surface area contributed by atoms with Crippen LogP contribution >= 0.6 is 7.60 Å². The number of aromatic nitrogens is 5. The van der Waals surface area contributed by atoms with Crippen molar-refractivity contribution in [2.45, 2.75) is 24.5 Å². The zero-order chi connectivity index (χ0) is 31.1. The summed E-state index contributed by atoms with van der Waals surface area (Å²) in [6.07, 6.45) is 2.50. The van der Waals surface area contributed by atoms with E-state index in [-0.39, 0.29) is 24.3 Å². The monoisotopic (exact) mass is 626 g/mol. The molecule has 0 bridgehead atoms. The van der Waals surface area contributed by atoms with Crippen molar-refractivity contribution >= 4 is 39.9 Å². The topological polar surface area (TPSA) is 163 Å². The molecule has 2 aliphatic heterocycles. The van der Waals surface area contributed by atoms with Crippen molar-refractivity contribution in [1.82, 2.24) is 24.5 Å². The van der Waals surface area contributed by atoms with E-state index in [1.807, 2.05) is 18.2 Å². The van der Waals surface area contributed by atoms with Crippen LogP contribution in [0, 0.1) is 0 Å². The number of rotatable bonds is 8. The lowest BCUT2D eigenvalue weighted by atomic mass is 9.92. The molecule has 8 rings (SSSR count). The zero-order valence-electron chi connectivity index (χ0n) is 24.0. The molecule has 1 fully saturated rings. The molecule has 14 heteroatoms. The molecule has 13 nitrogen and oxygen atoms in total. The van der Waals surface area contributed by atoms with E-state index in [1.165, 1.54) is 24.1 Å². The number of nitrogens with one attached hydrogen (secondary N) is 1. The van der Waals surface area contributed by atoms with Gasteiger partial charge in [-0.1, -0.05) is 53.7 Å². The van der Waals surface area contributed by atoms with Gasteiger partial charge in [-0.3, -0.25) is 14.3 Å². The van der Waals surface area contributed by atoms with Crippen molar-refractivity contribution in [2.75, 3.05) is 20.4 Å². The Bertz CT molecular complexity index is 2320. The van der Waals surface area contributed by atoms with Crippen LogP contribution in [0.4, 0.5) is 0 Å². The van der Waals surface area contributed by atoms with E-state index in [0.29, 0.717) is 5.57 Å². The van der Waals surface area contributed by atoms with E-state index in [9.17, 15) is 19.0 Å². The third-order valence-electron chi connectivity index (χ3n) is 8.37. The summed E-state index contributed by atoms with van der Waals surface area (Å²) >= 11 is 0. The van der Waals surface area contributed by atoms with Crippen molar-refractivity contribution in [1.29, 1.82) is 0 Å². The molecule has 45 heavy (non-hydrogen) atoms. The molecule has 1 saturated heterocycles. The van der Waals surface area contributed by atoms with E-state index in [1.54, 1.807) is 10.9 Å². The Morgan fingerprint density at radius 3 is 2.53 bits per heavy atom. The summed E-state index contributed by atoms with van der Waals surface area (Å²) in [5.74, 6) is -1.60. The second-order valence-electron chi connectivity index (χ2n) is 11.2. The van der Waals surface area contributed by atoms with Gasteiger partial charge in [-0.2, -0.15) is 0 Å². The van der Waals surface area contributed by atoms with Crippen molar-refractivity contribution in [2.24, 2.45) is 0 Å². The van der Waals surface area contributed by atoms with Crippen LogP contribution < -0.4 is 16.1 Å². The van der Waals surface area contributed by atoms with E-state index < -0.39 is 37.0 Å². The van der Waals surface area contributed by atoms with Crippen molar-refractivity contribution < 1.29 is 28.2 Å². The highest BCUT2D eigenvalue weighted by atomic mass is 31.2. The number of hydrogen-bond donors (Lipinski definition) is 1. The summed E-state index contributed by atoms with van der Waals surface area (Å²) in [5, 5.41) is 15.2. The first-order chi connectivity index (χ1) is 21.7. The number of H-pyrrole nitrogens is 1. The molecule has 0 spiro atoms. The highest BCUT2D eigenvalue weighted by molar-refractivity contribution is 7.50. The van der Waals surface area contributed by atoms with Gasteiger partial charge in [-0.15, -0.1) is 5.10 Å². The van der Waals surface area contributed by atoms with Gasteiger partial charge in [0.05, 0.1) is 35.9 Å². The number of fused-ring (bicyclic) bond motifs is 1. The Kier molecular flexibility index (Phi) is 6.15. The SMILES string of the molecule is COCCC1(OP(C)(=O)[O-])OC2C1=CO[C@H]2n1cc(-c2cn(-c3ccc4ccc5cccc6ccc3c4c56)nn2)c(=O)[nH]c1=O. The molecule has 4 atom stereocenters. The smallest absolute Gasteiger partial charge is 0.331 e. The van der Waals surface area contributed by atoms with Crippen molar-refractivity contribution in [3.8, 4) is 16.9 Å². The summed E-state index contributed by atoms with van der Waals surface area (Å²) in [4.78, 5) is 40.3. The van der Waals surface area contributed by atoms with E-state index in [0.717, 1.165) is 44.7 Å². The van der Waals surface area contributed by atoms with Crippen LogP contribution in [0.2, 0.25) is 0 Å². The summed E-state index contributed by atoms with van der Waals surface area (Å²) in [6.45, 7) is 1.10. The van der Waals surface area contributed by atoms with Gasteiger partial charge in [0.1, 0.15) is 19.4 Å². The lowest BCUT2D eigenvalue weighted by Crippen LogP contribution is -2.57. The molecule has 0 saturated carbocycles. The van der Waals surface area contributed by atoms with Gasteiger partial charge in [0.25, 0.3) is 5.56 Å². The molecule has 4 heterocycles. The number of nitrogens with zero attached hydrogens (tertiary/aromatic N) is 4. The summed E-state index contributed by atoms with van der Waals surface area (Å²) < 4.78 is 36.9. The van der Waals surface area contributed by atoms with Crippen LogP contribution in [-0.4, -0.2) is 56.8 Å². The highest BCUT2D eigenvalue weighted by Gasteiger charge is 2.60. The molecular formula is C31H25N5O8P-. The average molecular weight is 627 g/mol. The lowest BCUT2D eigenvalue weighted by molar-refractivity contribution is -0.298. The fraction of sp³-hybridized carbons (Fsp3) is 0.226. The van der Waals surface area contributed by atoms with E-state index >= 15 is 0 Å². The number of methoxy groups -OCH3 is 1. The second kappa shape index (κ2) is 9.93. The minimum absolute atomic E-state index is 0.0782. The Hall–Kier alpha value is -4.65. The molecule has 1 N–H and O–H groups in total. The minimum atomic E-state index is -4.21. The molecule has 0 aliphatic carbocycles. The zero-order valence-corrected chi connectivity index (χ0v) is 24.9. The standard InChI is InChI=1S/C31H26N5O8P/c1-41-13-12-31(44-45(2,39)40)22-16-42-29(27(22)43-31)35-14-21(28(37)32-30(35)38)23-15-36(34-33-23)24-11-9-19-7-6-17-4-3-5-18-8-10-20(24)26(19)25(17)18/h3-11,14-16,27,29H,12-13H2,1-2H3,(H,39,40)(H,32,37,38)/p-1/t27?,29-,31?/m1/s1. The van der Waals surface area contributed by atoms with Gasteiger partial charge in [0.15, 0.2) is 0 Å². The Morgan fingerprint density at radius 1 is 1.04 bits per heavy atom. The van der Waals surface area contributed by atoms with E-state index in [2.05, 4.69) is 51.7 Å². The first-order valence-corrected chi connectivity index (χ1v) is 16.1. The largest absolute Gasteiger partial charge is 0.779 e. The first-order valence-electron chi connectivity index (χ1n) is 14.1. The fourth-order valence-corrected chi connectivity index (χ4v) is 7.17. The molecule has 3 unspecified atom stereocenters. The fourth-order valence-electron chi connectivity index (χ4n) is 6.40. The van der Waals surface area contributed by atoms with Crippen LogP contribution in [0.1, 0.15) is 12.6 Å². The minimum Gasteiger partial charge on any atom is -0.779 e. The van der Waals surface area contributed by atoms with Crippen LogP contribution in [0.3, 0.4) is 0 Å². The van der Waals surface area contributed by atoms with Gasteiger partial charge in [0.2, 0.25) is 12.0 Å². The average Bonchev–Trinajstić information content (AvgIpc) is 3.63. The first kappa shape index (κ1) is 27.9. The number of ether oxygens (including phenoxy) is 3. The van der Waals surface area contributed by atoms with Crippen LogP contribution in [0.5, 0.6) is 0 Å². The normalized spacial score (nSPS) is 22.3.